The molecule has 2 fully saturated rings. The van der Waals surface area contributed by atoms with Crippen molar-refractivity contribution < 1.29 is 4.39 Å². The van der Waals surface area contributed by atoms with Crippen LogP contribution in [0.1, 0.15) is 42.0 Å². The monoisotopic (exact) mass is 602 g/mol. The van der Waals surface area contributed by atoms with Gasteiger partial charge in [0.25, 0.3) is 0 Å². The summed E-state index contributed by atoms with van der Waals surface area (Å²) in [6, 6.07) is 25.1. The summed E-state index contributed by atoms with van der Waals surface area (Å²) in [5, 5.41) is 30.2. The first-order chi connectivity index (χ1) is 21.4. The topological polar surface area (TPSA) is 112 Å². The van der Waals surface area contributed by atoms with Crippen molar-refractivity contribution in [1.82, 2.24) is 21.0 Å². The molecule has 7 rings (SSSR count). The van der Waals surface area contributed by atoms with Crippen molar-refractivity contribution in [3.63, 3.8) is 0 Å². The number of halogens is 2. The second-order valence-electron chi connectivity index (χ2n) is 11.9. The fourth-order valence-corrected chi connectivity index (χ4v) is 6.32. The number of nitriles is 2. The molecule has 0 bridgehead atoms. The van der Waals surface area contributed by atoms with Crippen LogP contribution in [-0.4, -0.2) is 23.9 Å². The lowest BCUT2D eigenvalue weighted by molar-refractivity contribution is 0.260. The molecule has 2 heterocycles. The summed E-state index contributed by atoms with van der Waals surface area (Å²) in [7, 11) is 2.03. The summed E-state index contributed by atoms with van der Waals surface area (Å²) in [5.41, 5.74) is 10.7. The number of nitrogens with one attached hydrogen (secondary N) is 4. The number of benzene rings is 3. The normalized spacial score (nSPS) is 20.9. The maximum Gasteiger partial charge on any atom is 0.148 e. The number of hydrogen-bond acceptors (Lipinski definition) is 8. The average molecular weight is 603 g/mol. The third kappa shape index (κ3) is 5.17. The van der Waals surface area contributed by atoms with Gasteiger partial charge < -0.3 is 16.1 Å². The number of hydrazine groups is 2. The van der Waals surface area contributed by atoms with E-state index in [4.69, 9.17) is 11.6 Å². The Morgan fingerprint density at radius 3 is 2.57 bits per heavy atom. The lowest BCUT2D eigenvalue weighted by Gasteiger charge is -2.34. The Bertz CT molecular complexity index is 1850. The van der Waals surface area contributed by atoms with Crippen molar-refractivity contribution >= 4 is 41.7 Å². The molecule has 4 aromatic rings. The van der Waals surface area contributed by atoms with Gasteiger partial charge in [0, 0.05) is 35.4 Å². The Balaban J connectivity index is 1.32. The molecule has 3 aliphatic rings. The van der Waals surface area contributed by atoms with Crippen molar-refractivity contribution in [1.29, 1.82) is 10.5 Å². The lowest BCUT2D eigenvalue weighted by Crippen LogP contribution is -2.45. The van der Waals surface area contributed by atoms with E-state index in [-0.39, 0.29) is 23.7 Å². The van der Waals surface area contributed by atoms with E-state index in [1.165, 1.54) is 18.3 Å². The van der Waals surface area contributed by atoms with Crippen molar-refractivity contribution in [2.45, 2.75) is 36.8 Å². The van der Waals surface area contributed by atoms with E-state index in [2.05, 4.69) is 43.7 Å². The highest BCUT2D eigenvalue weighted by Gasteiger charge is 2.44. The van der Waals surface area contributed by atoms with Gasteiger partial charge in [-0.25, -0.2) is 4.39 Å². The van der Waals surface area contributed by atoms with E-state index in [0.29, 0.717) is 38.9 Å². The highest BCUT2D eigenvalue weighted by molar-refractivity contribution is 6.36. The van der Waals surface area contributed by atoms with Gasteiger partial charge in [-0.1, -0.05) is 54.1 Å². The third-order valence-corrected chi connectivity index (χ3v) is 9.11. The summed E-state index contributed by atoms with van der Waals surface area (Å²) < 4.78 is 14.0. The third-order valence-electron chi connectivity index (χ3n) is 8.82. The molecule has 1 aliphatic heterocycles. The van der Waals surface area contributed by atoms with Gasteiger partial charge in [0.15, 0.2) is 0 Å². The van der Waals surface area contributed by atoms with Crippen molar-refractivity contribution in [2.75, 3.05) is 10.6 Å². The molecule has 0 spiro atoms. The first-order valence-electron chi connectivity index (χ1n) is 14.7. The number of fused-ring (bicyclic) bond motifs is 1. The molecule has 1 aromatic heterocycles. The molecule has 44 heavy (non-hydrogen) atoms. The number of aromatic nitrogens is 1. The summed E-state index contributed by atoms with van der Waals surface area (Å²) >= 11 is 6.88. The molecular weight excluding hydrogens is 574 g/mol. The highest BCUT2D eigenvalue weighted by atomic mass is 35.5. The summed E-state index contributed by atoms with van der Waals surface area (Å²) in [6.07, 6.45) is 6.59. The zero-order valence-electron chi connectivity index (χ0n) is 24.0. The number of anilines is 2. The SMILES string of the molecule is BC(Nc1cc(Cl)c2ncc(C#N)c(NC(c3ccccc3)C3C[C@@H]3C#N)c2c1)(C1=CN(C2CC2)NN1)c1ccc(F)cc1. The molecule has 218 valence electrons. The number of hydrogen-bond donors (Lipinski definition) is 4. The van der Waals surface area contributed by atoms with Crippen LogP contribution in [0.5, 0.6) is 0 Å². The molecule has 4 atom stereocenters. The molecule has 2 aliphatic carbocycles. The standard InChI is InChI=1S/C33H29BClFN8/c34-33(22-6-8-23(36)9-7-22,29-18-44(43-42-29)25-10-11-25)41-24-13-27-31(21(16-38)17-39-32(27)28(35)14-24)40-30(26-12-20(26)15-37)19-4-2-1-3-5-19/h1-9,13-14,17-18,20,25-26,30,41-43H,10-12,34H2,(H,39,40)/t20-,26?,30?,33?/m1/s1. The number of nitrogens with zero attached hydrogens (tertiary/aromatic N) is 4. The van der Waals surface area contributed by atoms with Crippen LogP contribution in [0.15, 0.2) is 84.8 Å². The second kappa shape index (κ2) is 11.1. The van der Waals surface area contributed by atoms with Crippen molar-refractivity contribution in [3.8, 4) is 12.1 Å². The van der Waals surface area contributed by atoms with Gasteiger partial charge >= 0.3 is 0 Å². The van der Waals surface area contributed by atoms with E-state index in [1.54, 1.807) is 12.1 Å². The van der Waals surface area contributed by atoms with Crippen molar-refractivity contribution in [2.24, 2.45) is 11.8 Å². The van der Waals surface area contributed by atoms with Gasteiger partial charge in [-0.05, 0) is 54.7 Å². The maximum atomic E-state index is 14.0. The molecule has 0 radical (unpaired) electrons. The molecule has 3 aromatic carbocycles. The van der Waals surface area contributed by atoms with Crippen LogP contribution in [-0.2, 0) is 5.44 Å². The van der Waals surface area contributed by atoms with E-state index in [0.717, 1.165) is 36.1 Å². The number of rotatable bonds is 9. The minimum Gasteiger partial charge on any atom is -0.378 e. The van der Waals surface area contributed by atoms with Gasteiger partial charge in [-0.15, -0.1) is 5.53 Å². The second-order valence-corrected chi connectivity index (χ2v) is 12.3. The first-order valence-corrected chi connectivity index (χ1v) is 15.1. The largest absolute Gasteiger partial charge is 0.378 e. The van der Waals surface area contributed by atoms with E-state index in [1.807, 2.05) is 56.5 Å². The van der Waals surface area contributed by atoms with Crippen LogP contribution in [0.4, 0.5) is 15.8 Å². The Hall–Kier alpha value is -4.77. The van der Waals surface area contributed by atoms with Gasteiger partial charge in [0.1, 0.15) is 19.7 Å². The van der Waals surface area contributed by atoms with Gasteiger partial charge in [0.05, 0.1) is 51.0 Å². The van der Waals surface area contributed by atoms with E-state index < -0.39 is 5.44 Å². The molecule has 0 saturated heterocycles. The summed E-state index contributed by atoms with van der Waals surface area (Å²) in [5.74, 6) is -0.262. The Labute approximate surface area is 260 Å². The summed E-state index contributed by atoms with van der Waals surface area (Å²) in [4.78, 5) is 4.55. The van der Waals surface area contributed by atoms with Gasteiger partial charge in [-0.2, -0.15) is 10.5 Å². The van der Waals surface area contributed by atoms with Crippen molar-refractivity contribution in [3.05, 3.63) is 112 Å². The maximum absolute atomic E-state index is 14.0. The molecular formula is C33H29BClFN8. The van der Waals surface area contributed by atoms with Crippen LogP contribution in [0, 0.1) is 40.3 Å². The summed E-state index contributed by atoms with van der Waals surface area (Å²) in [6.45, 7) is 0. The highest BCUT2D eigenvalue weighted by Crippen LogP contribution is 2.49. The predicted molar refractivity (Wildman–Crippen MR) is 171 cm³/mol. The fourth-order valence-electron chi connectivity index (χ4n) is 6.06. The van der Waals surface area contributed by atoms with E-state index in [9.17, 15) is 14.9 Å². The Morgan fingerprint density at radius 2 is 1.89 bits per heavy atom. The van der Waals surface area contributed by atoms with Gasteiger partial charge in [0.2, 0.25) is 0 Å². The lowest BCUT2D eigenvalue weighted by atomic mass is 9.69. The molecule has 8 nitrogen and oxygen atoms in total. The van der Waals surface area contributed by atoms with Gasteiger partial charge in [-0.3, -0.25) is 9.99 Å². The quantitative estimate of drug-likeness (QED) is 0.188. The van der Waals surface area contributed by atoms with Crippen LogP contribution < -0.4 is 21.6 Å². The van der Waals surface area contributed by atoms with Crippen LogP contribution in [0.25, 0.3) is 10.9 Å². The van der Waals surface area contributed by atoms with Crippen LogP contribution >= 0.6 is 11.6 Å². The zero-order chi connectivity index (χ0) is 30.4. The minimum absolute atomic E-state index is 0.0559. The molecule has 4 N–H and O–H groups in total. The Morgan fingerprint density at radius 1 is 1.11 bits per heavy atom. The molecule has 3 unspecified atom stereocenters. The number of pyridine rings is 1. The van der Waals surface area contributed by atoms with Crippen LogP contribution in [0.3, 0.4) is 0 Å². The molecule has 2 saturated carbocycles. The molecule has 0 amide bonds. The minimum atomic E-state index is -0.810. The fraction of sp³-hybridized carbons (Fsp3) is 0.242. The van der Waals surface area contributed by atoms with E-state index >= 15 is 0 Å². The predicted octanol–water partition coefficient (Wildman–Crippen LogP) is 5.44. The first kappa shape index (κ1) is 28.0. The molecule has 11 heteroatoms. The smallest absolute Gasteiger partial charge is 0.148 e. The van der Waals surface area contributed by atoms with Crippen LogP contribution in [0.2, 0.25) is 5.02 Å². The average Bonchev–Trinajstić information content (AvgIpc) is 3.98. The Kier molecular flexibility index (Phi) is 7.05. The zero-order valence-corrected chi connectivity index (χ0v) is 24.7.